The summed E-state index contributed by atoms with van der Waals surface area (Å²) in [6.07, 6.45) is 9.46. The second-order valence-corrected chi connectivity index (χ2v) is 8.36. The van der Waals surface area contributed by atoms with Crippen molar-refractivity contribution in [2.75, 3.05) is 19.6 Å². The van der Waals surface area contributed by atoms with Crippen LogP contribution in [0.2, 0.25) is 0 Å². The van der Waals surface area contributed by atoms with Gasteiger partial charge in [-0.05, 0) is 79.7 Å². The van der Waals surface area contributed by atoms with Gasteiger partial charge in [-0.2, -0.15) is 5.10 Å². The molecule has 1 saturated heterocycles. The molecule has 158 valence electrons. The molecular formula is C25H27N5O. The molecule has 2 aromatic carbocycles. The summed E-state index contributed by atoms with van der Waals surface area (Å²) in [5, 5.41) is 5.63. The van der Waals surface area contributed by atoms with Gasteiger partial charge in [0.15, 0.2) is 0 Å². The van der Waals surface area contributed by atoms with Gasteiger partial charge < -0.3 is 15.6 Å². The molecule has 0 spiro atoms. The van der Waals surface area contributed by atoms with Crippen molar-refractivity contribution in [3.8, 4) is 5.69 Å². The average Bonchev–Trinajstić information content (AvgIpc) is 3.45. The molecule has 2 aromatic heterocycles. The highest BCUT2D eigenvalue weighted by Gasteiger charge is 2.23. The Morgan fingerprint density at radius 1 is 1.13 bits per heavy atom. The third-order valence-electron chi connectivity index (χ3n) is 6.40. The third kappa shape index (κ3) is 4.11. The number of benzene rings is 2. The van der Waals surface area contributed by atoms with E-state index >= 15 is 0 Å². The number of likely N-dealkylation sites (tertiary alicyclic amines) is 1. The molecule has 0 aliphatic carbocycles. The van der Waals surface area contributed by atoms with Crippen molar-refractivity contribution >= 4 is 16.8 Å². The zero-order valence-corrected chi connectivity index (χ0v) is 17.5. The number of H-pyrrole nitrogens is 1. The smallest absolute Gasteiger partial charge is 0.248 e. The van der Waals surface area contributed by atoms with Crippen molar-refractivity contribution in [1.29, 1.82) is 0 Å². The van der Waals surface area contributed by atoms with Crippen molar-refractivity contribution in [1.82, 2.24) is 19.7 Å². The summed E-state index contributed by atoms with van der Waals surface area (Å²) >= 11 is 0. The summed E-state index contributed by atoms with van der Waals surface area (Å²) < 4.78 is 1.94. The number of para-hydroxylation sites is 1. The molecule has 1 aliphatic heterocycles. The van der Waals surface area contributed by atoms with Gasteiger partial charge in [0.25, 0.3) is 0 Å². The molecule has 1 fully saturated rings. The molecule has 31 heavy (non-hydrogen) atoms. The number of fused-ring (bicyclic) bond motifs is 1. The SMILES string of the molecule is NC(=O)c1ccc2[nH]cc(C3CCN(CCc4cnn(-c5ccccc5)c4)CC3)c2c1. The van der Waals surface area contributed by atoms with Crippen molar-refractivity contribution in [3.05, 3.63) is 83.8 Å². The summed E-state index contributed by atoms with van der Waals surface area (Å²) in [5.41, 5.74) is 10.8. The average molecular weight is 414 g/mol. The first-order chi connectivity index (χ1) is 15.2. The van der Waals surface area contributed by atoms with E-state index < -0.39 is 0 Å². The molecule has 5 rings (SSSR count). The monoisotopic (exact) mass is 413 g/mol. The molecule has 1 aliphatic rings. The summed E-state index contributed by atoms with van der Waals surface area (Å²) in [6.45, 7) is 3.21. The molecule has 6 heteroatoms. The third-order valence-corrected chi connectivity index (χ3v) is 6.40. The van der Waals surface area contributed by atoms with Gasteiger partial charge in [0.1, 0.15) is 0 Å². The Labute approximate surface area is 181 Å². The first-order valence-corrected chi connectivity index (χ1v) is 10.9. The fraction of sp³-hybridized carbons (Fsp3) is 0.280. The fourth-order valence-corrected chi connectivity index (χ4v) is 4.60. The maximum Gasteiger partial charge on any atom is 0.248 e. The van der Waals surface area contributed by atoms with E-state index in [2.05, 4.69) is 39.5 Å². The number of nitrogens with one attached hydrogen (secondary N) is 1. The molecule has 0 atom stereocenters. The first-order valence-electron chi connectivity index (χ1n) is 10.9. The molecule has 4 aromatic rings. The van der Waals surface area contributed by atoms with Gasteiger partial charge in [0.2, 0.25) is 5.91 Å². The normalized spacial score (nSPS) is 15.5. The number of piperidine rings is 1. The number of aromatic nitrogens is 3. The van der Waals surface area contributed by atoms with Gasteiger partial charge in [-0.1, -0.05) is 18.2 Å². The van der Waals surface area contributed by atoms with Gasteiger partial charge in [0.05, 0.1) is 11.9 Å². The molecule has 6 nitrogen and oxygen atoms in total. The molecule has 0 unspecified atom stereocenters. The summed E-state index contributed by atoms with van der Waals surface area (Å²) in [4.78, 5) is 17.5. The van der Waals surface area contributed by atoms with E-state index in [0.717, 1.165) is 55.5 Å². The van der Waals surface area contributed by atoms with E-state index in [-0.39, 0.29) is 5.91 Å². The Balaban J connectivity index is 1.19. The zero-order valence-electron chi connectivity index (χ0n) is 17.5. The van der Waals surface area contributed by atoms with Crippen LogP contribution in [0.4, 0.5) is 0 Å². The van der Waals surface area contributed by atoms with E-state index in [0.29, 0.717) is 11.5 Å². The van der Waals surface area contributed by atoms with Gasteiger partial charge >= 0.3 is 0 Å². The van der Waals surface area contributed by atoms with E-state index in [1.54, 1.807) is 6.07 Å². The summed E-state index contributed by atoms with van der Waals surface area (Å²) in [7, 11) is 0. The van der Waals surface area contributed by atoms with Crippen LogP contribution in [0.25, 0.3) is 16.6 Å². The quantitative estimate of drug-likeness (QED) is 0.503. The lowest BCUT2D eigenvalue weighted by atomic mass is 9.88. The second kappa shape index (κ2) is 8.40. The molecule has 3 N–H and O–H groups in total. The second-order valence-electron chi connectivity index (χ2n) is 8.36. The molecule has 0 saturated carbocycles. The summed E-state index contributed by atoms with van der Waals surface area (Å²) in [6, 6.07) is 15.9. The van der Waals surface area contributed by atoms with Gasteiger partial charge in [-0.15, -0.1) is 0 Å². The number of nitrogens with two attached hydrogens (primary N) is 1. The highest BCUT2D eigenvalue weighted by Crippen LogP contribution is 2.33. The lowest BCUT2D eigenvalue weighted by Crippen LogP contribution is -2.34. The predicted octanol–water partition coefficient (Wildman–Crippen LogP) is 3.87. The number of primary amides is 1. The largest absolute Gasteiger partial charge is 0.366 e. The number of hydrogen-bond donors (Lipinski definition) is 2. The molecule has 0 radical (unpaired) electrons. The Bertz CT molecular complexity index is 1190. The van der Waals surface area contributed by atoms with Crippen LogP contribution in [-0.4, -0.2) is 45.2 Å². The van der Waals surface area contributed by atoms with Crippen molar-refractivity contribution in [2.45, 2.75) is 25.2 Å². The van der Waals surface area contributed by atoms with E-state index in [4.69, 9.17) is 5.73 Å². The molecule has 1 amide bonds. The van der Waals surface area contributed by atoms with Crippen LogP contribution in [0.1, 0.15) is 40.2 Å². The van der Waals surface area contributed by atoms with E-state index in [1.807, 2.05) is 41.2 Å². The Hall–Kier alpha value is -3.38. The van der Waals surface area contributed by atoms with Crippen LogP contribution in [0.15, 0.2) is 67.1 Å². The first kappa shape index (κ1) is 19.6. The minimum atomic E-state index is -0.376. The number of amides is 1. The highest BCUT2D eigenvalue weighted by molar-refractivity contribution is 5.98. The predicted molar refractivity (Wildman–Crippen MR) is 122 cm³/mol. The zero-order chi connectivity index (χ0) is 21.2. The van der Waals surface area contributed by atoms with Crippen molar-refractivity contribution < 1.29 is 4.79 Å². The fourth-order valence-electron chi connectivity index (χ4n) is 4.60. The highest BCUT2D eigenvalue weighted by atomic mass is 16.1. The van der Waals surface area contributed by atoms with Crippen LogP contribution in [0.5, 0.6) is 0 Å². The lowest BCUT2D eigenvalue weighted by molar-refractivity contribution is 0.100. The number of carbonyl (C=O) groups is 1. The van der Waals surface area contributed by atoms with Crippen LogP contribution >= 0.6 is 0 Å². The van der Waals surface area contributed by atoms with Gasteiger partial charge in [0, 0.05) is 35.4 Å². The lowest BCUT2D eigenvalue weighted by Gasteiger charge is -2.31. The van der Waals surface area contributed by atoms with Crippen LogP contribution in [-0.2, 0) is 6.42 Å². The standard InChI is InChI=1S/C25H27N5O/c26-25(31)20-6-7-24-22(14-20)23(16-27-24)19-9-12-29(13-10-19)11-8-18-15-28-30(17-18)21-4-2-1-3-5-21/h1-7,14-17,19,27H,8-13H2,(H2,26,31). The minimum Gasteiger partial charge on any atom is -0.366 e. The maximum absolute atomic E-state index is 11.6. The number of carbonyl (C=O) groups excluding carboxylic acids is 1. The number of nitrogens with zero attached hydrogens (tertiary/aromatic N) is 3. The Morgan fingerprint density at radius 2 is 1.94 bits per heavy atom. The Kier molecular flexibility index (Phi) is 5.30. The van der Waals surface area contributed by atoms with Gasteiger partial charge in [-0.25, -0.2) is 4.68 Å². The molecular weight excluding hydrogens is 386 g/mol. The number of hydrogen-bond acceptors (Lipinski definition) is 3. The van der Waals surface area contributed by atoms with Crippen molar-refractivity contribution in [3.63, 3.8) is 0 Å². The topological polar surface area (TPSA) is 79.9 Å². The van der Waals surface area contributed by atoms with Crippen LogP contribution < -0.4 is 5.73 Å². The molecule has 0 bridgehead atoms. The minimum absolute atomic E-state index is 0.376. The maximum atomic E-state index is 11.6. The number of rotatable bonds is 6. The number of aromatic amines is 1. The van der Waals surface area contributed by atoms with Crippen LogP contribution in [0.3, 0.4) is 0 Å². The van der Waals surface area contributed by atoms with E-state index in [1.165, 1.54) is 11.1 Å². The summed E-state index contributed by atoms with van der Waals surface area (Å²) in [5.74, 6) is 0.133. The van der Waals surface area contributed by atoms with E-state index in [9.17, 15) is 4.79 Å². The van der Waals surface area contributed by atoms with Gasteiger partial charge in [-0.3, -0.25) is 4.79 Å². The Morgan fingerprint density at radius 3 is 2.71 bits per heavy atom. The van der Waals surface area contributed by atoms with Crippen molar-refractivity contribution in [2.24, 2.45) is 5.73 Å². The van der Waals surface area contributed by atoms with Crippen LogP contribution in [0, 0.1) is 0 Å². The molecule has 3 heterocycles.